The summed E-state index contributed by atoms with van der Waals surface area (Å²) < 4.78 is 13.1. The third-order valence-electron chi connectivity index (χ3n) is 4.43. The molecule has 2 aliphatic rings. The lowest BCUT2D eigenvalue weighted by atomic mass is 9.87. The van der Waals surface area contributed by atoms with Crippen LogP contribution in [0.2, 0.25) is 5.02 Å². The van der Waals surface area contributed by atoms with E-state index < -0.39 is 17.4 Å². The van der Waals surface area contributed by atoms with Gasteiger partial charge in [-0.05, 0) is 31.0 Å². The number of carbonyl (C=O) groups excluding carboxylic acids is 3. The summed E-state index contributed by atoms with van der Waals surface area (Å²) in [4.78, 5) is 38.9. The third kappa shape index (κ3) is 2.55. The second-order valence-corrected chi connectivity index (χ2v) is 6.20. The molecule has 23 heavy (non-hydrogen) atoms. The zero-order chi connectivity index (χ0) is 16.8. The van der Waals surface area contributed by atoms with Gasteiger partial charge in [-0.1, -0.05) is 11.6 Å². The molecule has 0 unspecified atom stereocenters. The SMILES string of the molecule is CN1C(=O)NC2(CCN(C(=O)c3ccc(F)cc3Cl)CC2)C1=O. The lowest BCUT2D eigenvalue weighted by Gasteiger charge is -2.37. The molecule has 0 aromatic heterocycles. The molecular weight excluding hydrogens is 325 g/mol. The number of piperidine rings is 1. The predicted molar refractivity (Wildman–Crippen MR) is 80.6 cm³/mol. The molecule has 1 spiro atoms. The Bertz CT molecular complexity index is 701. The van der Waals surface area contributed by atoms with Crippen LogP contribution in [0, 0.1) is 5.82 Å². The Kier molecular flexibility index (Phi) is 3.75. The molecular formula is C15H15ClFN3O3. The number of imide groups is 1. The van der Waals surface area contributed by atoms with Gasteiger partial charge >= 0.3 is 6.03 Å². The first kappa shape index (κ1) is 15.7. The first-order valence-electron chi connectivity index (χ1n) is 7.19. The maximum Gasteiger partial charge on any atom is 0.324 e. The fourth-order valence-corrected chi connectivity index (χ4v) is 3.27. The highest BCUT2D eigenvalue weighted by molar-refractivity contribution is 6.33. The van der Waals surface area contributed by atoms with Crippen LogP contribution in [0.15, 0.2) is 18.2 Å². The van der Waals surface area contributed by atoms with Crippen LogP contribution in [-0.4, -0.2) is 53.3 Å². The van der Waals surface area contributed by atoms with Gasteiger partial charge in [0.05, 0.1) is 10.6 Å². The van der Waals surface area contributed by atoms with Crippen molar-refractivity contribution in [2.24, 2.45) is 0 Å². The van der Waals surface area contributed by atoms with E-state index in [0.29, 0.717) is 25.9 Å². The number of likely N-dealkylation sites (N-methyl/N-ethyl adjacent to an activating group) is 1. The molecule has 2 heterocycles. The Morgan fingerprint density at radius 1 is 1.30 bits per heavy atom. The molecule has 0 bridgehead atoms. The van der Waals surface area contributed by atoms with Crippen molar-refractivity contribution in [2.75, 3.05) is 20.1 Å². The second kappa shape index (κ2) is 5.49. The second-order valence-electron chi connectivity index (χ2n) is 5.79. The van der Waals surface area contributed by atoms with Gasteiger partial charge in [0.2, 0.25) is 0 Å². The number of likely N-dealkylation sites (tertiary alicyclic amines) is 1. The quantitative estimate of drug-likeness (QED) is 0.791. The Balaban J connectivity index is 1.73. The summed E-state index contributed by atoms with van der Waals surface area (Å²) in [6.45, 7) is 0.624. The van der Waals surface area contributed by atoms with Crippen molar-refractivity contribution in [3.63, 3.8) is 0 Å². The molecule has 6 nitrogen and oxygen atoms in total. The summed E-state index contributed by atoms with van der Waals surface area (Å²) >= 11 is 5.92. The first-order valence-corrected chi connectivity index (χ1v) is 7.56. The topological polar surface area (TPSA) is 69.7 Å². The smallest absolute Gasteiger partial charge is 0.324 e. The average Bonchev–Trinajstić information content (AvgIpc) is 2.72. The molecule has 2 aliphatic heterocycles. The number of urea groups is 1. The van der Waals surface area contributed by atoms with E-state index in [0.717, 1.165) is 11.0 Å². The summed E-state index contributed by atoms with van der Waals surface area (Å²) in [6, 6.07) is 3.20. The molecule has 1 aromatic rings. The lowest BCUT2D eigenvalue weighted by molar-refractivity contribution is -0.131. The Morgan fingerprint density at radius 3 is 2.48 bits per heavy atom. The van der Waals surface area contributed by atoms with Crippen molar-refractivity contribution in [1.29, 1.82) is 0 Å². The number of benzene rings is 1. The number of hydrogen-bond acceptors (Lipinski definition) is 3. The molecule has 122 valence electrons. The Hall–Kier alpha value is -2.15. The van der Waals surface area contributed by atoms with Crippen LogP contribution in [0.5, 0.6) is 0 Å². The van der Waals surface area contributed by atoms with E-state index in [1.165, 1.54) is 19.2 Å². The normalized spacial score (nSPS) is 20.1. The van der Waals surface area contributed by atoms with Crippen LogP contribution in [0.3, 0.4) is 0 Å². The minimum absolute atomic E-state index is 0.0558. The van der Waals surface area contributed by atoms with Crippen molar-refractivity contribution in [3.8, 4) is 0 Å². The van der Waals surface area contributed by atoms with Gasteiger partial charge in [-0.25, -0.2) is 9.18 Å². The highest BCUT2D eigenvalue weighted by Gasteiger charge is 2.51. The number of carbonyl (C=O) groups is 3. The van der Waals surface area contributed by atoms with Gasteiger partial charge in [0.15, 0.2) is 0 Å². The van der Waals surface area contributed by atoms with E-state index in [1.54, 1.807) is 4.90 Å². The van der Waals surface area contributed by atoms with Gasteiger partial charge in [0.25, 0.3) is 11.8 Å². The molecule has 1 aromatic carbocycles. The molecule has 2 fully saturated rings. The van der Waals surface area contributed by atoms with Crippen LogP contribution >= 0.6 is 11.6 Å². The monoisotopic (exact) mass is 339 g/mol. The van der Waals surface area contributed by atoms with Crippen molar-refractivity contribution in [1.82, 2.24) is 15.1 Å². The molecule has 3 rings (SSSR count). The zero-order valence-corrected chi connectivity index (χ0v) is 13.2. The molecule has 1 N–H and O–H groups in total. The molecule has 2 saturated heterocycles. The minimum Gasteiger partial charge on any atom is -0.338 e. The van der Waals surface area contributed by atoms with E-state index in [4.69, 9.17) is 11.6 Å². The summed E-state index contributed by atoms with van der Waals surface area (Å²) in [5, 5.41) is 2.77. The van der Waals surface area contributed by atoms with Gasteiger partial charge in [0.1, 0.15) is 11.4 Å². The van der Waals surface area contributed by atoms with E-state index in [-0.39, 0.29) is 22.4 Å². The fraction of sp³-hybridized carbons (Fsp3) is 0.400. The van der Waals surface area contributed by atoms with Crippen molar-refractivity contribution < 1.29 is 18.8 Å². The maximum absolute atomic E-state index is 13.1. The number of nitrogens with one attached hydrogen (secondary N) is 1. The average molecular weight is 340 g/mol. The molecule has 0 radical (unpaired) electrons. The molecule has 4 amide bonds. The highest BCUT2D eigenvalue weighted by Crippen LogP contribution is 2.30. The Morgan fingerprint density at radius 2 is 1.96 bits per heavy atom. The number of rotatable bonds is 1. The van der Waals surface area contributed by atoms with E-state index in [9.17, 15) is 18.8 Å². The van der Waals surface area contributed by atoms with Gasteiger partial charge in [0, 0.05) is 20.1 Å². The van der Waals surface area contributed by atoms with Crippen molar-refractivity contribution >= 4 is 29.4 Å². The molecule has 0 aliphatic carbocycles. The van der Waals surface area contributed by atoms with Crippen molar-refractivity contribution in [3.05, 3.63) is 34.6 Å². The maximum atomic E-state index is 13.1. The summed E-state index contributed by atoms with van der Waals surface area (Å²) in [6.07, 6.45) is 0.679. The summed E-state index contributed by atoms with van der Waals surface area (Å²) in [5.41, 5.74) is -0.696. The molecule has 0 atom stereocenters. The van der Waals surface area contributed by atoms with E-state index in [1.807, 2.05) is 0 Å². The van der Waals surface area contributed by atoms with Gasteiger partial charge in [-0.3, -0.25) is 14.5 Å². The predicted octanol–water partition coefficient (Wildman–Crippen LogP) is 1.64. The lowest BCUT2D eigenvalue weighted by Crippen LogP contribution is -2.55. The standard InChI is InChI=1S/C15H15ClFN3O3/c1-19-13(22)15(18-14(19)23)4-6-20(7-5-15)12(21)10-3-2-9(17)8-11(10)16/h2-3,8H,4-7H2,1H3,(H,18,23). The largest absolute Gasteiger partial charge is 0.338 e. The van der Waals surface area contributed by atoms with Crippen LogP contribution in [0.1, 0.15) is 23.2 Å². The van der Waals surface area contributed by atoms with Gasteiger partial charge in [-0.2, -0.15) is 0 Å². The number of amides is 4. The van der Waals surface area contributed by atoms with Crippen LogP contribution in [-0.2, 0) is 4.79 Å². The van der Waals surface area contributed by atoms with Crippen LogP contribution in [0.4, 0.5) is 9.18 Å². The van der Waals surface area contributed by atoms with Gasteiger partial charge < -0.3 is 10.2 Å². The number of hydrogen-bond donors (Lipinski definition) is 1. The van der Waals surface area contributed by atoms with E-state index in [2.05, 4.69) is 5.32 Å². The van der Waals surface area contributed by atoms with Crippen LogP contribution < -0.4 is 5.32 Å². The zero-order valence-electron chi connectivity index (χ0n) is 12.4. The first-order chi connectivity index (χ1) is 10.8. The third-order valence-corrected chi connectivity index (χ3v) is 4.74. The van der Waals surface area contributed by atoms with Crippen molar-refractivity contribution in [2.45, 2.75) is 18.4 Å². The molecule has 8 heteroatoms. The Labute approximate surface area is 137 Å². The number of nitrogens with zero attached hydrogens (tertiary/aromatic N) is 2. The van der Waals surface area contributed by atoms with E-state index >= 15 is 0 Å². The summed E-state index contributed by atoms with van der Waals surface area (Å²) in [7, 11) is 1.43. The number of halogens is 2. The molecule has 0 saturated carbocycles. The van der Waals surface area contributed by atoms with Gasteiger partial charge in [-0.15, -0.1) is 0 Å². The highest BCUT2D eigenvalue weighted by atomic mass is 35.5. The summed E-state index contributed by atoms with van der Waals surface area (Å²) in [5.74, 6) is -1.09. The fourth-order valence-electron chi connectivity index (χ4n) is 3.02. The van der Waals surface area contributed by atoms with Crippen LogP contribution in [0.25, 0.3) is 0 Å². The minimum atomic E-state index is -0.921.